The Morgan fingerprint density at radius 3 is 0.889 bits per heavy atom. The lowest BCUT2D eigenvalue weighted by Crippen LogP contribution is -2.15. The van der Waals surface area contributed by atoms with Gasteiger partial charge in [0.2, 0.25) is 0 Å². The summed E-state index contributed by atoms with van der Waals surface area (Å²) in [5.74, 6) is 0.282. The molecule has 0 atom stereocenters. The van der Waals surface area contributed by atoms with Crippen molar-refractivity contribution in [2.75, 3.05) is 158 Å². The van der Waals surface area contributed by atoms with Gasteiger partial charge >= 0.3 is 5.97 Å². The SMILES string of the molecule is C=CC(=O)OCCOCCOCCOCCOCCOCCOCCOCCOCCOCCOCCOCCCCCCCl. The van der Waals surface area contributed by atoms with Crippen LogP contribution in [0.2, 0.25) is 0 Å². The molecule has 0 bridgehead atoms. The molecule has 0 aliphatic carbocycles. The summed E-state index contributed by atoms with van der Waals surface area (Å²) in [5.41, 5.74) is 0. The van der Waals surface area contributed by atoms with E-state index in [1.165, 1.54) is 6.42 Å². The Labute approximate surface area is 275 Å². The van der Waals surface area contributed by atoms with E-state index in [-0.39, 0.29) is 6.61 Å². The quantitative estimate of drug-likeness (QED) is 0.0409. The lowest BCUT2D eigenvalue weighted by Gasteiger charge is -2.09. The molecule has 0 aromatic rings. The minimum atomic E-state index is -0.459. The molecule has 14 heteroatoms. The van der Waals surface area contributed by atoms with Crippen LogP contribution >= 0.6 is 11.6 Å². The number of alkyl halides is 1. The van der Waals surface area contributed by atoms with Gasteiger partial charge in [-0.25, -0.2) is 4.79 Å². The third kappa shape index (κ3) is 41.0. The topological polar surface area (TPSA) is 128 Å². The zero-order valence-corrected chi connectivity index (χ0v) is 28.0. The number of hydrogen-bond donors (Lipinski definition) is 0. The van der Waals surface area contributed by atoms with E-state index in [1.54, 1.807) is 0 Å². The Morgan fingerprint density at radius 1 is 0.378 bits per heavy atom. The van der Waals surface area contributed by atoms with Gasteiger partial charge < -0.3 is 56.8 Å². The first kappa shape index (κ1) is 44.1. The highest BCUT2D eigenvalue weighted by Crippen LogP contribution is 2.01. The fourth-order valence-corrected chi connectivity index (χ4v) is 3.40. The molecule has 268 valence electrons. The second-order valence-corrected chi connectivity index (χ2v) is 9.59. The van der Waals surface area contributed by atoms with Crippen LogP contribution in [0.3, 0.4) is 0 Å². The third-order valence-electron chi connectivity index (χ3n) is 5.53. The highest BCUT2D eigenvalue weighted by molar-refractivity contribution is 6.17. The number of carbonyl (C=O) groups excluding carboxylic acids is 1. The smallest absolute Gasteiger partial charge is 0.330 e. The first-order chi connectivity index (χ1) is 22.3. The van der Waals surface area contributed by atoms with Crippen molar-refractivity contribution in [1.29, 1.82) is 0 Å². The average molecular weight is 675 g/mol. The van der Waals surface area contributed by atoms with Crippen LogP contribution in [-0.2, 0) is 61.6 Å². The summed E-state index contributed by atoms with van der Waals surface area (Å²) >= 11 is 5.65. The van der Waals surface area contributed by atoms with Crippen molar-refractivity contribution >= 4 is 17.6 Å². The molecule has 0 aromatic heterocycles. The van der Waals surface area contributed by atoms with Crippen molar-refractivity contribution in [2.24, 2.45) is 0 Å². The van der Waals surface area contributed by atoms with Gasteiger partial charge in [-0.05, 0) is 12.8 Å². The molecule has 13 nitrogen and oxygen atoms in total. The van der Waals surface area contributed by atoms with E-state index in [0.29, 0.717) is 139 Å². The van der Waals surface area contributed by atoms with Crippen LogP contribution in [0.1, 0.15) is 25.7 Å². The van der Waals surface area contributed by atoms with Crippen LogP contribution in [0.4, 0.5) is 0 Å². The molecule has 0 rings (SSSR count). The zero-order valence-electron chi connectivity index (χ0n) is 27.3. The molecule has 0 aliphatic heterocycles. The van der Waals surface area contributed by atoms with E-state index < -0.39 is 5.97 Å². The Kier molecular flexibility index (Phi) is 40.2. The summed E-state index contributed by atoms with van der Waals surface area (Å²) in [6.07, 6.45) is 5.60. The van der Waals surface area contributed by atoms with Gasteiger partial charge in [0.25, 0.3) is 0 Å². The predicted molar refractivity (Wildman–Crippen MR) is 169 cm³/mol. The van der Waals surface area contributed by atoms with Crippen LogP contribution in [0.25, 0.3) is 0 Å². The zero-order chi connectivity index (χ0) is 32.6. The van der Waals surface area contributed by atoms with Gasteiger partial charge in [0.05, 0.1) is 139 Å². The lowest BCUT2D eigenvalue weighted by atomic mass is 10.2. The second kappa shape index (κ2) is 41.1. The maximum atomic E-state index is 10.8. The van der Waals surface area contributed by atoms with Gasteiger partial charge in [-0.3, -0.25) is 0 Å². The van der Waals surface area contributed by atoms with Gasteiger partial charge in [0.15, 0.2) is 0 Å². The molecular weight excluding hydrogens is 616 g/mol. The second-order valence-electron chi connectivity index (χ2n) is 9.21. The first-order valence-electron chi connectivity index (χ1n) is 16.0. The third-order valence-corrected chi connectivity index (χ3v) is 5.80. The number of unbranched alkanes of at least 4 members (excludes halogenated alkanes) is 3. The highest BCUT2D eigenvalue weighted by atomic mass is 35.5. The van der Waals surface area contributed by atoms with Gasteiger partial charge in [-0.15, -0.1) is 11.6 Å². The molecule has 0 fully saturated rings. The normalized spacial score (nSPS) is 11.3. The highest BCUT2D eigenvalue weighted by Gasteiger charge is 1.98. The largest absolute Gasteiger partial charge is 0.460 e. The Morgan fingerprint density at radius 2 is 0.622 bits per heavy atom. The Bertz CT molecular complexity index is 590. The van der Waals surface area contributed by atoms with Crippen LogP contribution in [-0.4, -0.2) is 164 Å². The summed E-state index contributed by atoms with van der Waals surface area (Å²) in [6.45, 7) is 14.8. The average Bonchev–Trinajstić information content (AvgIpc) is 3.05. The number of ether oxygens (including phenoxy) is 12. The van der Waals surface area contributed by atoms with Crippen molar-refractivity contribution in [1.82, 2.24) is 0 Å². The molecule has 45 heavy (non-hydrogen) atoms. The van der Waals surface area contributed by atoms with E-state index in [0.717, 1.165) is 37.8 Å². The fraction of sp³-hybridized carbons (Fsp3) is 0.903. The van der Waals surface area contributed by atoms with Gasteiger partial charge in [0, 0.05) is 18.6 Å². The van der Waals surface area contributed by atoms with E-state index in [1.807, 2.05) is 0 Å². The summed E-state index contributed by atoms with van der Waals surface area (Å²) < 4.78 is 64.7. The van der Waals surface area contributed by atoms with Crippen molar-refractivity contribution in [2.45, 2.75) is 25.7 Å². The van der Waals surface area contributed by atoms with Crippen LogP contribution in [0, 0.1) is 0 Å². The summed E-state index contributed by atoms with van der Waals surface area (Å²) in [7, 11) is 0. The van der Waals surface area contributed by atoms with Crippen molar-refractivity contribution in [3.8, 4) is 0 Å². The van der Waals surface area contributed by atoms with Crippen molar-refractivity contribution in [3.63, 3.8) is 0 Å². The standard InChI is InChI=1S/C31H59ClO13/c1-2-31(33)45-30-29-44-28-27-43-26-25-42-24-23-41-22-21-40-20-19-39-18-17-38-16-15-37-14-13-36-12-11-35-10-9-34-8-6-4-3-5-7-32/h2H,1,3-30H2. The number of carbonyl (C=O) groups is 1. The molecular formula is C31H59ClO13. The molecule has 0 saturated heterocycles. The first-order valence-corrected chi connectivity index (χ1v) is 16.5. The Hall–Kier alpha value is -0.940. The lowest BCUT2D eigenvalue weighted by molar-refractivity contribution is -0.139. The van der Waals surface area contributed by atoms with E-state index >= 15 is 0 Å². The van der Waals surface area contributed by atoms with Crippen molar-refractivity contribution < 1.29 is 61.6 Å². The molecule has 0 spiro atoms. The molecule has 0 saturated carbocycles. The number of halogens is 1. The number of hydrogen-bond acceptors (Lipinski definition) is 13. The van der Waals surface area contributed by atoms with Gasteiger partial charge in [-0.2, -0.15) is 0 Å². The summed E-state index contributed by atoms with van der Waals surface area (Å²) in [6, 6.07) is 0. The minimum Gasteiger partial charge on any atom is -0.460 e. The van der Waals surface area contributed by atoms with Crippen LogP contribution < -0.4 is 0 Å². The van der Waals surface area contributed by atoms with Gasteiger partial charge in [-0.1, -0.05) is 19.4 Å². The maximum Gasteiger partial charge on any atom is 0.330 e. The van der Waals surface area contributed by atoms with Crippen molar-refractivity contribution in [3.05, 3.63) is 12.7 Å². The van der Waals surface area contributed by atoms with E-state index in [9.17, 15) is 4.79 Å². The monoisotopic (exact) mass is 674 g/mol. The summed E-state index contributed by atoms with van der Waals surface area (Å²) in [4.78, 5) is 10.8. The van der Waals surface area contributed by atoms with E-state index in [4.69, 9.17) is 68.4 Å². The van der Waals surface area contributed by atoms with E-state index in [2.05, 4.69) is 6.58 Å². The number of rotatable bonds is 40. The molecule has 0 unspecified atom stereocenters. The molecule has 0 heterocycles. The molecule has 0 aromatic carbocycles. The van der Waals surface area contributed by atoms with Crippen LogP contribution in [0.5, 0.6) is 0 Å². The predicted octanol–water partition coefficient (Wildman–Crippen LogP) is 2.70. The van der Waals surface area contributed by atoms with Gasteiger partial charge in [0.1, 0.15) is 6.61 Å². The molecule has 0 amide bonds. The summed E-state index contributed by atoms with van der Waals surface area (Å²) in [5, 5.41) is 0. The Balaban J connectivity index is 3.05. The van der Waals surface area contributed by atoms with Crippen LogP contribution in [0.15, 0.2) is 12.7 Å². The minimum absolute atomic E-state index is 0.199. The molecule has 0 aliphatic rings. The molecule has 0 radical (unpaired) electrons. The molecule has 0 N–H and O–H groups in total. The fourth-order valence-electron chi connectivity index (χ4n) is 3.21. The maximum absolute atomic E-state index is 10.8. The number of esters is 1.